The van der Waals surface area contributed by atoms with Crippen molar-refractivity contribution in [3.63, 3.8) is 0 Å². The molecule has 0 radical (unpaired) electrons. The number of hydrogen-bond donors (Lipinski definition) is 2. The first kappa shape index (κ1) is 15.5. The van der Waals surface area contributed by atoms with Crippen molar-refractivity contribution in [2.24, 2.45) is 0 Å². The molecule has 112 valence electrons. The largest absolute Gasteiger partial charge is 0.384 e. The summed E-state index contributed by atoms with van der Waals surface area (Å²) >= 11 is 0. The van der Waals surface area contributed by atoms with E-state index >= 15 is 0 Å². The molecule has 0 saturated heterocycles. The molecule has 2 aromatic rings. The Morgan fingerprint density at radius 1 is 1.19 bits per heavy atom. The van der Waals surface area contributed by atoms with E-state index < -0.39 is 10.0 Å². The fourth-order valence-corrected chi connectivity index (χ4v) is 2.98. The van der Waals surface area contributed by atoms with E-state index in [1.165, 1.54) is 23.9 Å². The molecule has 0 aliphatic heterocycles. The number of hydrogen-bond acceptors (Lipinski definition) is 4. The zero-order valence-corrected chi connectivity index (χ0v) is 12.7. The summed E-state index contributed by atoms with van der Waals surface area (Å²) in [7, 11) is -3.52. The average molecular weight is 305 g/mol. The summed E-state index contributed by atoms with van der Waals surface area (Å²) in [4.78, 5) is 3.92. The lowest BCUT2D eigenvalue weighted by Crippen LogP contribution is -2.25. The van der Waals surface area contributed by atoms with Crippen molar-refractivity contribution < 1.29 is 8.42 Å². The molecule has 0 saturated carbocycles. The van der Waals surface area contributed by atoms with Gasteiger partial charge in [-0.25, -0.2) is 18.1 Å². The number of benzene rings is 1. The number of aromatic nitrogens is 1. The van der Waals surface area contributed by atoms with Crippen LogP contribution in [0.2, 0.25) is 0 Å². The normalized spacial score (nSPS) is 13.0. The summed E-state index contributed by atoms with van der Waals surface area (Å²) in [6, 6.07) is 12.9. The summed E-state index contributed by atoms with van der Waals surface area (Å²) in [5.74, 6) is 0.588. The molecule has 21 heavy (non-hydrogen) atoms. The van der Waals surface area contributed by atoms with E-state index in [-0.39, 0.29) is 4.90 Å². The maximum Gasteiger partial charge on any atom is 0.242 e. The number of nitrogens with one attached hydrogen (secondary N) is 1. The van der Waals surface area contributed by atoms with Crippen molar-refractivity contribution in [2.75, 3.05) is 12.3 Å². The summed E-state index contributed by atoms with van der Waals surface area (Å²) in [5.41, 5.74) is 6.65. The predicted octanol–water partition coefficient (Wildman–Crippen LogP) is 2.14. The van der Waals surface area contributed by atoms with E-state index in [0.717, 1.165) is 6.42 Å². The lowest BCUT2D eigenvalue weighted by atomic mass is 9.98. The Hall–Kier alpha value is -1.92. The zero-order chi connectivity index (χ0) is 15.3. The average Bonchev–Trinajstić information content (AvgIpc) is 2.48. The van der Waals surface area contributed by atoms with Crippen LogP contribution in [0.1, 0.15) is 24.8 Å². The van der Waals surface area contributed by atoms with Gasteiger partial charge in [0, 0.05) is 12.7 Å². The zero-order valence-electron chi connectivity index (χ0n) is 11.9. The minimum atomic E-state index is -3.52. The van der Waals surface area contributed by atoms with E-state index in [1.54, 1.807) is 0 Å². The SMILES string of the molecule is CC(CCNS(=O)(=O)c1ccc(N)nc1)c1ccccc1. The Bertz CT molecular complexity index is 670. The minimum absolute atomic E-state index is 0.129. The molecule has 5 nitrogen and oxygen atoms in total. The highest BCUT2D eigenvalue weighted by molar-refractivity contribution is 7.89. The molecule has 6 heteroatoms. The van der Waals surface area contributed by atoms with Crippen LogP contribution < -0.4 is 10.5 Å². The van der Waals surface area contributed by atoms with Crippen molar-refractivity contribution in [1.29, 1.82) is 0 Å². The van der Waals surface area contributed by atoms with Crippen LogP contribution in [0.5, 0.6) is 0 Å². The minimum Gasteiger partial charge on any atom is -0.384 e. The maximum atomic E-state index is 12.1. The monoisotopic (exact) mass is 305 g/mol. The van der Waals surface area contributed by atoms with Crippen LogP contribution in [0.25, 0.3) is 0 Å². The Balaban J connectivity index is 1.92. The Kier molecular flexibility index (Phi) is 4.93. The first-order valence-electron chi connectivity index (χ1n) is 6.75. The molecule has 3 N–H and O–H groups in total. The third-order valence-corrected chi connectivity index (χ3v) is 4.75. The van der Waals surface area contributed by atoms with E-state index in [0.29, 0.717) is 18.3 Å². The van der Waals surface area contributed by atoms with Gasteiger partial charge >= 0.3 is 0 Å². The Morgan fingerprint density at radius 2 is 1.90 bits per heavy atom. The van der Waals surface area contributed by atoms with Crippen molar-refractivity contribution in [3.8, 4) is 0 Å². The lowest BCUT2D eigenvalue weighted by Gasteiger charge is -2.12. The van der Waals surface area contributed by atoms with Gasteiger partial charge < -0.3 is 5.73 Å². The second kappa shape index (κ2) is 6.69. The van der Waals surface area contributed by atoms with Crippen LogP contribution in [0.15, 0.2) is 53.6 Å². The molecule has 0 fully saturated rings. The quantitative estimate of drug-likeness (QED) is 0.856. The van der Waals surface area contributed by atoms with Crippen LogP contribution in [0.4, 0.5) is 5.82 Å². The van der Waals surface area contributed by atoms with Crippen LogP contribution in [0, 0.1) is 0 Å². The Morgan fingerprint density at radius 3 is 2.52 bits per heavy atom. The molecule has 0 amide bonds. The molecule has 0 spiro atoms. The number of nitrogens with zero attached hydrogens (tertiary/aromatic N) is 1. The van der Waals surface area contributed by atoms with Gasteiger partial charge in [0.25, 0.3) is 0 Å². The molecule has 2 rings (SSSR count). The van der Waals surface area contributed by atoms with Gasteiger partial charge in [0.15, 0.2) is 0 Å². The molecule has 1 unspecified atom stereocenters. The number of anilines is 1. The molecule has 1 aromatic carbocycles. The van der Waals surface area contributed by atoms with E-state index in [2.05, 4.69) is 16.6 Å². The van der Waals surface area contributed by atoms with Gasteiger partial charge in [-0.1, -0.05) is 37.3 Å². The fraction of sp³-hybridized carbons (Fsp3) is 0.267. The Labute approximate surface area is 125 Å². The number of rotatable bonds is 6. The van der Waals surface area contributed by atoms with Gasteiger partial charge in [-0.05, 0) is 30.0 Å². The van der Waals surface area contributed by atoms with Crippen LogP contribution >= 0.6 is 0 Å². The first-order valence-corrected chi connectivity index (χ1v) is 8.23. The number of pyridine rings is 1. The lowest BCUT2D eigenvalue weighted by molar-refractivity contribution is 0.572. The molecule has 1 heterocycles. The maximum absolute atomic E-state index is 12.1. The molecular formula is C15H19N3O2S. The topological polar surface area (TPSA) is 85.1 Å². The third kappa shape index (κ3) is 4.27. The number of nitrogen functional groups attached to an aromatic ring is 1. The van der Waals surface area contributed by atoms with E-state index in [1.807, 2.05) is 30.3 Å². The molecule has 1 atom stereocenters. The van der Waals surface area contributed by atoms with Crippen molar-refractivity contribution in [3.05, 3.63) is 54.2 Å². The standard InChI is InChI=1S/C15H19N3O2S/c1-12(13-5-3-2-4-6-13)9-10-18-21(19,20)14-7-8-15(16)17-11-14/h2-8,11-12,18H,9-10H2,1H3,(H2,16,17). The van der Waals surface area contributed by atoms with Gasteiger partial charge in [0.05, 0.1) is 0 Å². The molecule has 0 bridgehead atoms. The highest BCUT2D eigenvalue weighted by Gasteiger charge is 2.14. The fourth-order valence-electron chi connectivity index (χ4n) is 1.99. The van der Waals surface area contributed by atoms with Gasteiger partial charge in [-0.15, -0.1) is 0 Å². The van der Waals surface area contributed by atoms with Crippen LogP contribution in [0.3, 0.4) is 0 Å². The summed E-state index contributed by atoms with van der Waals surface area (Å²) < 4.78 is 26.7. The molecular weight excluding hydrogens is 286 g/mol. The number of sulfonamides is 1. The van der Waals surface area contributed by atoms with Gasteiger partial charge in [0.1, 0.15) is 10.7 Å². The van der Waals surface area contributed by atoms with Gasteiger partial charge in [0.2, 0.25) is 10.0 Å². The predicted molar refractivity (Wildman–Crippen MR) is 83.3 cm³/mol. The van der Waals surface area contributed by atoms with Crippen molar-refractivity contribution >= 4 is 15.8 Å². The second-order valence-corrected chi connectivity index (χ2v) is 6.68. The van der Waals surface area contributed by atoms with Gasteiger partial charge in [-0.3, -0.25) is 0 Å². The summed E-state index contributed by atoms with van der Waals surface area (Å²) in [6.45, 7) is 2.46. The highest BCUT2D eigenvalue weighted by Crippen LogP contribution is 2.18. The van der Waals surface area contributed by atoms with Gasteiger partial charge in [-0.2, -0.15) is 0 Å². The summed E-state index contributed by atoms with van der Waals surface area (Å²) in [6.07, 6.45) is 1.99. The van der Waals surface area contributed by atoms with Crippen molar-refractivity contribution in [1.82, 2.24) is 9.71 Å². The number of nitrogens with two attached hydrogens (primary N) is 1. The smallest absolute Gasteiger partial charge is 0.242 e. The van der Waals surface area contributed by atoms with E-state index in [4.69, 9.17) is 5.73 Å². The van der Waals surface area contributed by atoms with Crippen molar-refractivity contribution in [2.45, 2.75) is 24.2 Å². The van der Waals surface area contributed by atoms with Crippen LogP contribution in [-0.2, 0) is 10.0 Å². The summed E-state index contributed by atoms with van der Waals surface area (Å²) in [5, 5.41) is 0. The highest BCUT2D eigenvalue weighted by atomic mass is 32.2. The molecule has 1 aromatic heterocycles. The second-order valence-electron chi connectivity index (χ2n) is 4.92. The van der Waals surface area contributed by atoms with Crippen LogP contribution in [-0.4, -0.2) is 19.9 Å². The first-order chi connectivity index (χ1) is 9.99. The third-order valence-electron chi connectivity index (χ3n) is 3.31. The molecule has 0 aliphatic carbocycles. The molecule has 0 aliphatic rings. The van der Waals surface area contributed by atoms with E-state index in [9.17, 15) is 8.42 Å².